The van der Waals surface area contributed by atoms with Crippen LogP contribution >= 0.6 is 0 Å². The summed E-state index contributed by atoms with van der Waals surface area (Å²) in [6.45, 7) is 0.803. The summed E-state index contributed by atoms with van der Waals surface area (Å²) in [6.07, 6.45) is 0.358. The number of hydrogen-bond donors (Lipinski definition) is 1. The molecule has 1 atom stereocenters. The molecule has 0 bridgehead atoms. The van der Waals surface area contributed by atoms with Gasteiger partial charge in [0.2, 0.25) is 11.8 Å². The molecule has 0 saturated heterocycles. The summed E-state index contributed by atoms with van der Waals surface area (Å²) in [6, 6.07) is 19.9. The van der Waals surface area contributed by atoms with E-state index in [-0.39, 0.29) is 30.6 Å². The van der Waals surface area contributed by atoms with Crippen LogP contribution in [0.15, 0.2) is 72.8 Å². The molecule has 0 spiro atoms. The zero-order valence-electron chi connectivity index (χ0n) is 21.4. The lowest BCUT2D eigenvalue weighted by molar-refractivity contribution is -0.140. The van der Waals surface area contributed by atoms with E-state index in [1.165, 1.54) is 19.2 Å². The van der Waals surface area contributed by atoms with Crippen LogP contribution in [-0.4, -0.2) is 57.2 Å². The minimum Gasteiger partial charge on any atom is -0.493 e. The molecule has 7 nitrogen and oxygen atoms in total. The van der Waals surface area contributed by atoms with Gasteiger partial charge < -0.3 is 24.4 Å². The number of benzene rings is 3. The van der Waals surface area contributed by atoms with Gasteiger partial charge in [0.25, 0.3) is 0 Å². The van der Waals surface area contributed by atoms with E-state index < -0.39 is 6.04 Å². The van der Waals surface area contributed by atoms with Gasteiger partial charge in [0.15, 0.2) is 11.5 Å². The highest BCUT2D eigenvalue weighted by Gasteiger charge is 2.30. The summed E-state index contributed by atoms with van der Waals surface area (Å²) in [7, 11) is 4.63. The number of rotatable bonds is 13. The number of methoxy groups -OCH3 is 3. The molecule has 3 aromatic carbocycles. The van der Waals surface area contributed by atoms with E-state index in [4.69, 9.17) is 14.2 Å². The number of amides is 2. The molecule has 0 radical (unpaired) electrons. The molecular weight excluding hydrogens is 475 g/mol. The molecule has 3 rings (SSSR count). The lowest BCUT2D eigenvalue weighted by Gasteiger charge is -2.31. The van der Waals surface area contributed by atoms with E-state index in [9.17, 15) is 14.0 Å². The molecule has 0 aliphatic heterocycles. The van der Waals surface area contributed by atoms with E-state index in [1.807, 2.05) is 30.3 Å². The minimum absolute atomic E-state index is 0.0399. The van der Waals surface area contributed by atoms with Gasteiger partial charge in [0.1, 0.15) is 11.9 Å². The average Bonchev–Trinajstić information content (AvgIpc) is 2.92. The quantitative estimate of drug-likeness (QED) is 0.356. The number of nitrogens with one attached hydrogen (secondary N) is 1. The van der Waals surface area contributed by atoms with Crippen molar-refractivity contribution < 1.29 is 28.2 Å². The average molecular weight is 509 g/mol. The van der Waals surface area contributed by atoms with Gasteiger partial charge in [0, 0.05) is 26.6 Å². The molecule has 1 N–H and O–H groups in total. The SMILES string of the molecule is COCCNC(=O)C(Cc1ccccc1)N(Cc1ccc(F)cc1)C(=O)Cc1ccc(OC)c(OC)c1. The maximum absolute atomic E-state index is 13.8. The van der Waals surface area contributed by atoms with E-state index in [2.05, 4.69) is 5.32 Å². The van der Waals surface area contributed by atoms with Crippen molar-refractivity contribution in [2.24, 2.45) is 0 Å². The van der Waals surface area contributed by atoms with Gasteiger partial charge in [-0.2, -0.15) is 0 Å². The summed E-state index contributed by atoms with van der Waals surface area (Å²) < 4.78 is 29.3. The van der Waals surface area contributed by atoms with Crippen molar-refractivity contribution in [3.8, 4) is 11.5 Å². The van der Waals surface area contributed by atoms with Crippen molar-refractivity contribution in [3.63, 3.8) is 0 Å². The van der Waals surface area contributed by atoms with Gasteiger partial charge in [-0.1, -0.05) is 48.5 Å². The van der Waals surface area contributed by atoms with Crippen molar-refractivity contribution in [2.45, 2.75) is 25.4 Å². The summed E-state index contributed by atoms with van der Waals surface area (Å²) in [5.41, 5.74) is 2.34. The van der Waals surface area contributed by atoms with Crippen LogP contribution in [0.25, 0.3) is 0 Å². The maximum Gasteiger partial charge on any atom is 0.243 e. The Hall–Kier alpha value is -3.91. The molecule has 2 amide bonds. The van der Waals surface area contributed by atoms with Crippen molar-refractivity contribution >= 4 is 11.8 Å². The summed E-state index contributed by atoms with van der Waals surface area (Å²) in [5.74, 6) is 0.158. The Labute approximate surface area is 217 Å². The van der Waals surface area contributed by atoms with E-state index >= 15 is 0 Å². The fourth-order valence-electron chi connectivity index (χ4n) is 4.00. The second-order valence-electron chi connectivity index (χ2n) is 8.50. The van der Waals surface area contributed by atoms with Crippen LogP contribution in [0.3, 0.4) is 0 Å². The summed E-state index contributed by atoms with van der Waals surface area (Å²) in [5, 5.41) is 2.88. The van der Waals surface area contributed by atoms with Crippen LogP contribution in [0, 0.1) is 5.82 Å². The number of halogens is 1. The van der Waals surface area contributed by atoms with Gasteiger partial charge in [-0.05, 0) is 41.0 Å². The first-order valence-electron chi connectivity index (χ1n) is 12.0. The third-order valence-electron chi connectivity index (χ3n) is 5.95. The molecule has 0 saturated carbocycles. The van der Waals surface area contributed by atoms with Gasteiger partial charge in [-0.15, -0.1) is 0 Å². The van der Waals surface area contributed by atoms with Crippen molar-refractivity contribution in [1.82, 2.24) is 10.2 Å². The molecular formula is C29H33FN2O5. The third kappa shape index (κ3) is 8.05. The van der Waals surface area contributed by atoms with Crippen LogP contribution in [0.5, 0.6) is 11.5 Å². The predicted octanol–water partition coefficient (Wildman–Crippen LogP) is 3.79. The van der Waals surface area contributed by atoms with E-state index in [1.54, 1.807) is 49.5 Å². The van der Waals surface area contributed by atoms with Crippen molar-refractivity contribution in [1.29, 1.82) is 0 Å². The maximum atomic E-state index is 13.8. The predicted molar refractivity (Wildman–Crippen MR) is 139 cm³/mol. The number of nitrogens with zero attached hydrogens (tertiary/aromatic N) is 1. The second-order valence-corrected chi connectivity index (χ2v) is 8.50. The highest BCUT2D eigenvalue weighted by atomic mass is 19.1. The molecule has 0 heterocycles. The van der Waals surface area contributed by atoms with Crippen LogP contribution in [0.4, 0.5) is 4.39 Å². The second kappa shape index (κ2) is 14.0. The molecule has 37 heavy (non-hydrogen) atoms. The van der Waals surface area contributed by atoms with Gasteiger partial charge in [-0.3, -0.25) is 9.59 Å². The van der Waals surface area contributed by atoms with E-state index in [0.29, 0.717) is 42.2 Å². The zero-order valence-corrected chi connectivity index (χ0v) is 21.4. The Bertz CT molecular complexity index is 1150. The molecule has 1 unspecified atom stereocenters. The molecule has 0 aliphatic carbocycles. The third-order valence-corrected chi connectivity index (χ3v) is 5.95. The lowest BCUT2D eigenvalue weighted by Crippen LogP contribution is -2.51. The Morgan fingerprint density at radius 2 is 1.54 bits per heavy atom. The normalized spacial score (nSPS) is 11.5. The standard InChI is InChI=1S/C29H33FN2O5/c1-35-16-15-31-29(34)25(17-21-7-5-4-6-8-21)32(20-22-9-12-24(30)13-10-22)28(33)19-23-11-14-26(36-2)27(18-23)37-3/h4-14,18,25H,15-17,19-20H2,1-3H3,(H,31,34). The largest absolute Gasteiger partial charge is 0.493 e. The monoisotopic (exact) mass is 508 g/mol. The fourth-order valence-corrected chi connectivity index (χ4v) is 4.00. The minimum atomic E-state index is -0.794. The Morgan fingerprint density at radius 3 is 2.19 bits per heavy atom. The fraction of sp³-hybridized carbons (Fsp3) is 0.310. The highest BCUT2D eigenvalue weighted by molar-refractivity contribution is 5.88. The van der Waals surface area contributed by atoms with Gasteiger partial charge in [-0.25, -0.2) is 4.39 Å². The molecule has 0 fully saturated rings. The van der Waals surface area contributed by atoms with Gasteiger partial charge in [0.05, 0.1) is 27.2 Å². The van der Waals surface area contributed by atoms with Crippen LogP contribution < -0.4 is 14.8 Å². The Balaban J connectivity index is 1.95. The molecule has 3 aromatic rings. The Kier molecular flexibility index (Phi) is 10.5. The van der Waals surface area contributed by atoms with Crippen LogP contribution in [-0.2, 0) is 33.7 Å². The van der Waals surface area contributed by atoms with Crippen LogP contribution in [0.2, 0.25) is 0 Å². The first kappa shape index (κ1) is 27.7. The lowest BCUT2D eigenvalue weighted by atomic mass is 10.0. The van der Waals surface area contributed by atoms with Crippen molar-refractivity contribution in [3.05, 3.63) is 95.3 Å². The molecule has 0 aromatic heterocycles. The Morgan fingerprint density at radius 1 is 0.865 bits per heavy atom. The summed E-state index contributed by atoms with van der Waals surface area (Å²) in [4.78, 5) is 28.7. The highest BCUT2D eigenvalue weighted by Crippen LogP contribution is 2.28. The molecule has 0 aliphatic rings. The first-order valence-corrected chi connectivity index (χ1v) is 12.0. The van der Waals surface area contributed by atoms with E-state index in [0.717, 1.165) is 5.56 Å². The first-order chi connectivity index (χ1) is 17.9. The summed E-state index contributed by atoms with van der Waals surface area (Å²) >= 11 is 0. The number of carbonyl (C=O) groups excluding carboxylic acids is 2. The topological polar surface area (TPSA) is 77.1 Å². The smallest absolute Gasteiger partial charge is 0.243 e. The van der Waals surface area contributed by atoms with Gasteiger partial charge >= 0.3 is 0 Å². The number of ether oxygens (including phenoxy) is 3. The molecule has 196 valence electrons. The number of hydrogen-bond acceptors (Lipinski definition) is 5. The molecule has 8 heteroatoms. The zero-order chi connectivity index (χ0) is 26.6. The number of carbonyl (C=O) groups is 2. The van der Waals surface area contributed by atoms with Crippen LogP contribution in [0.1, 0.15) is 16.7 Å². The van der Waals surface area contributed by atoms with Crippen molar-refractivity contribution in [2.75, 3.05) is 34.5 Å².